The van der Waals surface area contributed by atoms with Gasteiger partial charge in [-0.3, -0.25) is 5.32 Å². The van der Waals surface area contributed by atoms with Gasteiger partial charge < -0.3 is 25.4 Å². The van der Waals surface area contributed by atoms with Gasteiger partial charge in [0, 0.05) is 71.9 Å². The molecule has 0 radical (unpaired) electrons. The summed E-state index contributed by atoms with van der Waals surface area (Å²) in [5.41, 5.74) is 10.0. The van der Waals surface area contributed by atoms with E-state index in [1.165, 1.54) is 38.9 Å². The molecule has 4 atom stereocenters. The Kier molecular flexibility index (Phi) is 12.8. The van der Waals surface area contributed by atoms with Crippen LogP contribution in [-0.4, -0.2) is 86.6 Å². The van der Waals surface area contributed by atoms with Crippen molar-refractivity contribution in [1.29, 1.82) is 0 Å². The first-order chi connectivity index (χ1) is 29.0. The van der Waals surface area contributed by atoms with E-state index in [0.717, 1.165) is 27.8 Å². The van der Waals surface area contributed by atoms with Crippen LogP contribution in [-0.2, 0) is 42.4 Å². The third-order valence-corrected chi connectivity index (χ3v) is 18.1. The lowest BCUT2D eigenvalue weighted by molar-refractivity contribution is -0.184. The molecule has 0 saturated carbocycles. The fourth-order valence-corrected chi connectivity index (χ4v) is 13.8. The Morgan fingerprint density at radius 1 is 0.787 bits per heavy atom. The lowest BCUT2D eigenvalue weighted by Crippen LogP contribution is -2.66. The zero-order valence-electron chi connectivity index (χ0n) is 34.0. The lowest BCUT2D eigenvalue weighted by Gasteiger charge is -2.56. The van der Waals surface area contributed by atoms with Gasteiger partial charge in [-0.25, -0.2) is 16.8 Å². The lowest BCUT2D eigenvalue weighted by atomic mass is 9.65. The molecule has 12 nitrogen and oxygen atoms in total. The van der Waals surface area contributed by atoms with Crippen molar-refractivity contribution in [3.8, 4) is 11.5 Å². The number of hydrogen-bond donors (Lipinski definition) is 4. The minimum atomic E-state index is -3.98. The first-order valence-electron chi connectivity index (χ1n) is 20.6. The molecule has 0 amide bonds. The van der Waals surface area contributed by atoms with Crippen LogP contribution in [0.5, 0.6) is 11.5 Å². The molecular formula is C44H51Cl3N4O8S2. The topological polar surface area (TPSA) is 172 Å². The van der Waals surface area contributed by atoms with E-state index in [-0.39, 0.29) is 77.3 Å². The van der Waals surface area contributed by atoms with Crippen LogP contribution in [0.15, 0.2) is 76.5 Å². The number of sulfonamides is 2. The average molecular weight is 934 g/mol. The summed E-state index contributed by atoms with van der Waals surface area (Å²) in [7, 11) is -7.83. The van der Waals surface area contributed by atoms with Gasteiger partial charge in [0.15, 0.2) is 0 Å². The van der Waals surface area contributed by atoms with Crippen molar-refractivity contribution in [3.05, 3.63) is 115 Å². The predicted molar refractivity (Wildman–Crippen MR) is 235 cm³/mol. The van der Waals surface area contributed by atoms with Crippen LogP contribution < -0.4 is 11.1 Å². The minimum absolute atomic E-state index is 0.0189. The number of phenols is 2. The Bertz CT molecular complexity index is 2510. The molecule has 0 aromatic heterocycles. The number of piperidine rings is 2. The Morgan fingerprint density at radius 3 is 2.02 bits per heavy atom. The molecule has 8 rings (SSSR count). The molecule has 61 heavy (non-hydrogen) atoms. The quantitative estimate of drug-likeness (QED) is 0.126. The van der Waals surface area contributed by atoms with Gasteiger partial charge in [0.2, 0.25) is 20.0 Å². The number of phenolic OH excluding ortho intramolecular Hbond substituents is 2. The van der Waals surface area contributed by atoms with E-state index in [2.05, 4.69) is 5.32 Å². The molecule has 2 saturated heterocycles. The number of rotatable bonds is 10. The second-order valence-electron chi connectivity index (χ2n) is 16.7. The maximum absolute atomic E-state index is 14.1. The normalized spacial score (nSPS) is 24.0. The summed E-state index contributed by atoms with van der Waals surface area (Å²) in [5, 5.41) is 27.7. The predicted octanol–water partition coefficient (Wildman–Crippen LogP) is 7.42. The maximum atomic E-state index is 14.1. The van der Waals surface area contributed by atoms with Crippen LogP contribution >= 0.6 is 34.8 Å². The van der Waals surface area contributed by atoms with Gasteiger partial charge in [0.1, 0.15) is 22.6 Å². The number of nitrogens with two attached hydrogens (primary N) is 1. The smallest absolute Gasteiger partial charge is 0.244 e. The third kappa shape index (κ3) is 8.32. The van der Waals surface area contributed by atoms with Crippen molar-refractivity contribution in [3.63, 3.8) is 0 Å². The number of aromatic hydroxyl groups is 2. The van der Waals surface area contributed by atoms with Crippen LogP contribution in [0.2, 0.25) is 15.1 Å². The molecule has 4 aromatic carbocycles. The highest BCUT2D eigenvalue weighted by Gasteiger charge is 2.56. The van der Waals surface area contributed by atoms with E-state index in [9.17, 15) is 27.0 Å². The molecule has 0 aliphatic carbocycles. The van der Waals surface area contributed by atoms with Gasteiger partial charge in [-0.2, -0.15) is 8.61 Å². The van der Waals surface area contributed by atoms with E-state index in [0.29, 0.717) is 54.3 Å². The zero-order valence-corrected chi connectivity index (χ0v) is 37.9. The van der Waals surface area contributed by atoms with Crippen LogP contribution in [0.1, 0.15) is 71.4 Å². The molecule has 4 heterocycles. The molecule has 4 aromatic rings. The average Bonchev–Trinajstić information content (AvgIpc) is 3.25. The number of nitrogens with zero attached hydrogens (tertiary/aromatic N) is 2. The molecule has 2 unspecified atom stereocenters. The van der Waals surface area contributed by atoms with Crippen LogP contribution in [0.3, 0.4) is 0 Å². The fraction of sp³-hybridized carbons (Fsp3) is 0.455. The Hall–Kier alpha value is -2.99. The van der Waals surface area contributed by atoms with Crippen molar-refractivity contribution >= 4 is 54.8 Å². The van der Waals surface area contributed by atoms with Gasteiger partial charge in [0.05, 0.1) is 28.2 Å². The van der Waals surface area contributed by atoms with Gasteiger partial charge in [-0.1, -0.05) is 59.1 Å². The van der Waals surface area contributed by atoms with Crippen LogP contribution in [0.25, 0.3) is 0 Å². The minimum Gasteiger partial charge on any atom is -0.507 e. The number of halogens is 3. The summed E-state index contributed by atoms with van der Waals surface area (Å²) in [4.78, 5) is 0.138. The number of hydrogen-bond acceptors (Lipinski definition) is 10. The Morgan fingerprint density at radius 2 is 1.38 bits per heavy atom. The van der Waals surface area contributed by atoms with Crippen LogP contribution in [0.4, 0.5) is 0 Å². The fourth-order valence-electron chi connectivity index (χ4n) is 9.99. The second-order valence-corrected chi connectivity index (χ2v) is 21.8. The molecule has 2 fully saturated rings. The number of fused-ring (bicyclic) bond motifs is 2. The number of ether oxygens (including phenoxy) is 2. The first kappa shape index (κ1) is 44.6. The van der Waals surface area contributed by atoms with E-state index in [1.54, 1.807) is 12.1 Å². The summed E-state index contributed by atoms with van der Waals surface area (Å²) < 4.78 is 72.9. The highest BCUT2D eigenvalue weighted by molar-refractivity contribution is 7.89. The SMILES string of the molecule is Cc1ccc2c(c1O)CCOC2NC(C1CCN(S(=O)(=O)c2ccc(Cl)cc2Cl)CC1)[C@@]1(C2CCN(S(=O)(=O)c3ccc(Cl)cc3)CC2)Cc2c(ccc(C)c2O)[C@H](CN)O1. The van der Waals surface area contributed by atoms with Crippen molar-refractivity contribution < 1.29 is 36.5 Å². The molecule has 5 N–H and O–H groups in total. The van der Waals surface area contributed by atoms with E-state index in [1.807, 2.05) is 38.1 Å². The van der Waals surface area contributed by atoms with Gasteiger partial charge in [-0.05, 0) is 117 Å². The molecular weight excluding hydrogens is 883 g/mol. The Balaban J connectivity index is 1.21. The monoisotopic (exact) mass is 932 g/mol. The molecule has 4 aliphatic heterocycles. The van der Waals surface area contributed by atoms with Crippen molar-refractivity contribution in [2.24, 2.45) is 17.6 Å². The van der Waals surface area contributed by atoms with E-state index in [4.69, 9.17) is 50.0 Å². The number of nitrogens with one attached hydrogen (secondary N) is 1. The number of aryl methyl sites for hydroxylation is 2. The summed E-state index contributed by atoms with van der Waals surface area (Å²) >= 11 is 18.7. The highest BCUT2D eigenvalue weighted by atomic mass is 35.5. The van der Waals surface area contributed by atoms with Gasteiger partial charge >= 0.3 is 0 Å². The standard InChI is InChI=1S/C44H51Cl3N4O8S2/c1-26-4-11-35-34(40(26)52)17-22-58-43(35)49-42(28-13-18-51(19-14-28)61(56,57)39-12-7-31(46)23-37(39)47)44(24-36-33(38(25-48)59-44)10-3-27(2)41(36)53)29-15-20-50(21-16-29)60(54,55)32-8-5-30(45)6-9-32/h3-12,23,28-29,38,42-43,49,52-53H,13-22,24-25,48H2,1-2H3/t38-,42?,43?,44-/m0/s1. The zero-order chi connectivity index (χ0) is 43.4. The largest absolute Gasteiger partial charge is 0.507 e. The van der Waals surface area contributed by atoms with Gasteiger partial charge in [-0.15, -0.1) is 0 Å². The number of benzene rings is 4. The summed E-state index contributed by atoms with van der Waals surface area (Å²) in [5.74, 6) is -0.0831. The van der Waals surface area contributed by atoms with E-state index < -0.39 is 44.0 Å². The van der Waals surface area contributed by atoms with Crippen LogP contribution in [0, 0.1) is 25.7 Å². The Labute approximate surface area is 373 Å². The molecule has 17 heteroatoms. The maximum Gasteiger partial charge on any atom is 0.244 e. The second kappa shape index (κ2) is 17.5. The highest BCUT2D eigenvalue weighted by Crippen LogP contribution is 2.51. The van der Waals surface area contributed by atoms with Crippen molar-refractivity contribution in [2.45, 2.75) is 86.1 Å². The van der Waals surface area contributed by atoms with Crippen molar-refractivity contribution in [2.75, 3.05) is 39.3 Å². The third-order valence-electron chi connectivity index (χ3n) is 13.3. The van der Waals surface area contributed by atoms with Crippen molar-refractivity contribution in [1.82, 2.24) is 13.9 Å². The van der Waals surface area contributed by atoms with Gasteiger partial charge in [0.25, 0.3) is 0 Å². The molecule has 4 aliphatic rings. The first-order valence-corrected chi connectivity index (χ1v) is 24.7. The summed E-state index contributed by atoms with van der Waals surface area (Å²) in [6, 6.07) is 17.6. The van der Waals surface area contributed by atoms with E-state index >= 15 is 0 Å². The summed E-state index contributed by atoms with van der Waals surface area (Å²) in [6.45, 7) is 4.95. The summed E-state index contributed by atoms with van der Waals surface area (Å²) in [6.07, 6.45) is 1.21. The molecule has 0 spiro atoms. The molecule has 328 valence electrons. The molecule has 0 bridgehead atoms.